The van der Waals surface area contributed by atoms with Gasteiger partial charge in [-0.2, -0.15) is 0 Å². The fraction of sp³-hybridized carbons (Fsp3) is 0.353. The molecule has 1 aromatic rings. The molecular weight excluding hydrogens is 266 g/mol. The molecule has 1 unspecified atom stereocenters. The van der Waals surface area contributed by atoms with Gasteiger partial charge in [0.15, 0.2) is 5.78 Å². The van der Waals surface area contributed by atoms with Gasteiger partial charge in [-0.15, -0.1) is 0 Å². The van der Waals surface area contributed by atoms with E-state index in [0.717, 1.165) is 5.56 Å². The van der Waals surface area contributed by atoms with Crippen LogP contribution in [0.15, 0.2) is 41.1 Å². The van der Waals surface area contributed by atoms with Gasteiger partial charge >= 0.3 is 0 Å². The highest BCUT2D eigenvalue weighted by atomic mass is 16.6. The summed E-state index contributed by atoms with van der Waals surface area (Å²) in [6.07, 6.45) is 2.72. The molecule has 0 saturated heterocycles. The predicted octanol–water partition coefficient (Wildman–Crippen LogP) is 3.03. The molecule has 0 aliphatic heterocycles. The Hall–Kier alpha value is -2.23. The van der Waals surface area contributed by atoms with Gasteiger partial charge in [-0.25, -0.2) is 0 Å². The van der Waals surface area contributed by atoms with E-state index in [1.165, 1.54) is 0 Å². The molecule has 1 atom stereocenters. The predicted molar refractivity (Wildman–Crippen MR) is 81.9 cm³/mol. The Morgan fingerprint density at radius 3 is 2.67 bits per heavy atom. The molecule has 1 aliphatic carbocycles. The van der Waals surface area contributed by atoms with Crippen molar-refractivity contribution < 1.29 is 14.4 Å². The van der Waals surface area contributed by atoms with E-state index in [4.69, 9.17) is 4.84 Å². The SMILES string of the molecule is CCO/N=C(\C)C1C(=O)CC/C(=C/c2ccccc2)C1=O. The van der Waals surface area contributed by atoms with Crippen LogP contribution in [0.5, 0.6) is 0 Å². The highest BCUT2D eigenvalue weighted by Gasteiger charge is 2.35. The van der Waals surface area contributed by atoms with Crippen LogP contribution < -0.4 is 0 Å². The molecule has 0 bridgehead atoms. The third-order valence-electron chi connectivity index (χ3n) is 3.44. The number of carbonyl (C=O) groups excluding carboxylic acids is 2. The first-order valence-electron chi connectivity index (χ1n) is 7.12. The van der Waals surface area contributed by atoms with Gasteiger partial charge < -0.3 is 4.84 Å². The third-order valence-corrected chi connectivity index (χ3v) is 3.44. The summed E-state index contributed by atoms with van der Waals surface area (Å²) < 4.78 is 0. The molecule has 21 heavy (non-hydrogen) atoms. The van der Waals surface area contributed by atoms with Crippen molar-refractivity contribution in [3.05, 3.63) is 41.5 Å². The van der Waals surface area contributed by atoms with Gasteiger partial charge in [0.25, 0.3) is 0 Å². The Balaban J connectivity index is 2.26. The van der Waals surface area contributed by atoms with E-state index in [9.17, 15) is 9.59 Å². The molecule has 0 heterocycles. The Bertz CT molecular complexity index is 587. The van der Waals surface area contributed by atoms with E-state index in [2.05, 4.69) is 5.16 Å². The lowest BCUT2D eigenvalue weighted by Gasteiger charge is -2.21. The standard InChI is InChI=1S/C17H19NO3/c1-3-21-18-12(2)16-15(19)10-9-14(17(16)20)11-13-7-5-4-6-8-13/h4-8,11,16H,3,9-10H2,1-2H3/b14-11-,18-12+. The number of hydrogen-bond acceptors (Lipinski definition) is 4. The summed E-state index contributed by atoms with van der Waals surface area (Å²) in [5.74, 6) is -1.03. The van der Waals surface area contributed by atoms with Gasteiger partial charge in [0.1, 0.15) is 18.3 Å². The topological polar surface area (TPSA) is 55.7 Å². The third kappa shape index (κ3) is 3.66. The summed E-state index contributed by atoms with van der Waals surface area (Å²) in [7, 11) is 0. The molecule has 0 spiro atoms. The number of benzene rings is 1. The Labute approximate surface area is 124 Å². The van der Waals surface area contributed by atoms with E-state index < -0.39 is 5.92 Å². The number of oxime groups is 1. The van der Waals surface area contributed by atoms with Crippen LogP contribution in [0, 0.1) is 5.92 Å². The molecule has 1 saturated carbocycles. The van der Waals surface area contributed by atoms with Gasteiger partial charge in [-0.05, 0) is 37.5 Å². The minimum Gasteiger partial charge on any atom is -0.396 e. The second-order valence-corrected chi connectivity index (χ2v) is 4.99. The quantitative estimate of drug-likeness (QED) is 0.370. The number of Topliss-reactive ketones (excluding diaryl/α,β-unsaturated/α-hetero) is 2. The fourth-order valence-electron chi connectivity index (χ4n) is 2.39. The Morgan fingerprint density at radius 2 is 2.00 bits per heavy atom. The summed E-state index contributed by atoms with van der Waals surface area (Å²) in [6.45, 7) is 3.89. The lowest BCUT2D eigenvalue weighted by Crippen LogP contribution is -2.35. The summed E-state index contributed by atoms with van der Waals surface area (Å²) in [5, 5.41) is 3.86. The van der Waals surface area contributed by atoms with Crippen LogP contribution >= 0.6 is 0 Å². The molecule has 0 amide bonds. The van der Waals surface area contributed by atoms with E-state index in [1.807, 2.05) is 43.3 Å². The summed E-state index contributed by atoms with van der Waals surface area (Å²) >= 11 is 0. The second kappa shape index (κ2) is 6.97. The van der Waals surface area contributed by atoms with Crippen molar-refractivity contribution in [2.24, 2.45) is 11.1 Å². The Morgan fingerprint density at radius 1 is 1.29 bits per heavy atom. The minimum atomic E-state index is -0.791. The summed E-state index contributed by atoms with van der Waals surface area (Å²) in [5.41, 5.74) is 2.08. The molecule has 110 valence electrons. The van der Waals surface area contributed by atoms with Crippen LogP contribution in [0.25, 0.3) is 6.08 Å². The van der Waals surface area contributed by atoms with Crippen LogP contribution in [0.3, 0.4) is 0 Å². The number of allylic oxidation sites excluding steroid dienone is 1. The molecule has 1 aromatic carbocycles. The first-order valence-corrected chi connectivity index (χ1v) is 7.12. The Kier molecular flexibility index (Phi) is 5.04. The van der Waals surface area contributed by atoms with E-state index in [-0.39, 0.29) is 11.6 Å². The van der Waals surface area contributed by atoms with Crippen molar-refractivity contribution >= 4 is 23.4 Å². The molecule has 0 aromatic heterocycles. The lowest BCUT2D eigenvalue weighted by atomic mass is 9.80. The first kappa shape index (κ1) is 15.2. The van der Waals surface area contributed by atoms with Crippen molar-refractivity contribution in [1.82, 2.24) is 0 Å². The van der Waals surface area contributed by atoms with Crippen LogP contribution in [0.2, 0.25) is 0 Å². The zero-order chi connectivity index (χ0) is 15.2. The van der Waals surface area contributed by atoms with Crippen molar-refractivity contribution in [3.8, 4) is 0 Å². The highest BCUT2D eigenvalue weighted by Crippen LogP contribution is 2.25. The van der Waals surface area contributed by atoms with Crippen LogP contribution in [0.4, 0.5) is 0 Å². The molecule has 2 rings (SSSR count). The monoisotopic (exact) mass is 285 g/mol. The van der Waals surface area contributed by atoms with Crippen molar-refractivity contribution in [2.45, 2.75) is 26.7 Å². The van der Waals surface area contributed by atoms with Crippen LogP contribution in [-0.4, -0.2) is 23.9 Å². The summed E-state index contributed by atoms with van der Waals surface area (Å²) in [4.78, 5) is 29.5. The van der Waals surface area contributed by atoms with E-state index >= 15 is 0 Å². The van der Waals surface area contributed by atoms with Crippen molar-refractivity contribution in [1.29, 1.82) is 0 Å². The van der Waals surface area contributed by atoms with Crippen molar-refractivity contribution in [2.75, 3.05) is 6.61 Å². The normalized spacial score (nSPS) is 21.7. The number of carbonyl (C=O) groups is 2. The van der Waals surface area contributed by atoms with Crippen molar-refractivity contribution in [3.63, 3.8) is 0 Å². The van der Waals surface area contributed by atoms with Gasteiger partial charge in [0, 0.05) is 6.42 Å². The number of ketones is 2. The van der Waals surface area contributed by atoms with Gasteiger partial charge in [0.05, 0.1) is 5.71 Å². The zero-order valence-corrected chi connectivity index (χ0v) is 12.3. The van der Waals surface area contributed by atoms with Gasteiger partial charge in [-0.3, -0.25) is 9.59 Å². The van der Waals surface area contributed by atoms with Gasteiger partial charge in [-0.1, -0.05) is 35.5 Å². The number of hydrogen-bond donors (Lipinski definition) is 0. The lowest BCUT2D eigenvalue weighted by molar-refractivity contribution is -0.129. The molecule has 4 nitrogen and oxygen atoms in total. The average Bonchev–Trinajstić information content (AvgIpc) is 2.49. The van der Waals surface area contributed by atoms with Crippen LogP contribution in [0.1, 0.15) is 32.3 Å². The molecule has 4 heteroatoms. The molecular formula is C17H19NO3. The maximum absolute atomic E-state index is 12.5. The van der Waals surface area contributed by atoms with E-state index in [0.29, 0.717) is 30.7 Å². The van der Waals surface area contributed by atoms with Gasteiger partial charge in [0.2, 0.25) is 0 Å². The molecule has 1 fully saturated rings. The average molecular weight is 285 g/mol. The molecule has 0 N–H and O–H groups in total. The zero-order valence-electron chi connectivity index (χ0n) is 12.3. The summed E-state index contributed by atoms with van der Waals surface area (Å²) in [6, 6.07) is 9.64. The minimum absolute atomic E-state index is 0.0776. The largest absolute Gasteiger partial charge is 0.396 e. The molecule has 1 aliphatic rings. The van der Waals surface area contributed by atoms with E-state index in [1.54, 1.807) is 6.92 Å². The molecule has 0 radical (unpaired) electrons. The smallest absolute Gasteiger partial charge is 0.175 e. The maximum atomic E-state index is 12.5. The maximum Gasteiger partial charge on any atom is 0.175 e. The fourth-order valence-corrected chi connectivity index (χ4v) is 2.39. The first-order chi connectivity index (χ1) is 10.1. The second-order valence-electron chi connectivity index (χ2n) is 4.99. The number of rotatable bonds is 4. The highest BCUT2D eigenvalue weighted by molar-refractivity contribution is 6.27. The van der Waals surface area contributed by atoms with Crippen LogP contribution in [-0.2, 0) is 14.4 Å². The number of nitrogens with zero attached hydrogens (tertiary/aromatic N) is 1.